The number of amides is 1. The van der Waals surface area contributed by atoms with Gasteiger partial charge in [0.1, 0.15) is 11.1 Å². The third-order valence-electron chi connectivity index (χ3n) is 3.65. The molecule has 1 saturated heterocycles. The molecule has 0 aromatic carbocycles. The van der Waals surface area contributed by atoms with Crippen molar-refractivity contribution in [3.8, 4) is 0 Å². The Morgan fingerprint density at radius 3 is 2.44 bits per heavy atom. The summed E-state index contributed by atoms with van der Waals surface area (Å²) in [5.74, 6) is -0.439. The molecule has 0 aromatic heterocycles. The van der Waals surface area contributed by atoms with E-state index in [-0.39, 0.29) is 6.54 Å². The molecular formula is C13H20FNO3. The third-order valence-corrected chi connectivity index (χ3v) is 3.65. The standard InChI is InChI=1S/C13H20FNO3/c1-12(2,3)18-11(17)15-8-9(14)10(16)13(15)6-4-5-7-13/h9H,4-8H2,1-3H3. The first-order chi connectivity index (χ1) is 8.26. The van der Waals surface area contributed by atoms with E-state index in [2.05, 4.69) is 0 Å². The van der Waals surface area contributed by atoms with Gasteiger partial charge in [0.15, 0.2) is 12.0 Å². The van der Waals surface area contributed by atoms with E-state index in [4.69, 9.17) is 4.74 Å². The summed E-state index contributed by atoms with van der Waals surface area (Å²) in [7, 11) is 0. The number of rotatable bonds is 0. The van der Waals surface area contributed by atoms with Gasteiger partial charge in [-0.3, -0.25) is 9.69 Å². The molecule has 1 aliphatic heterocycles. The van der Waals surface area contributed by atoms with Gasteiger partial charge in [-0.15, -0.1) is 0 Å². The zero-order chi connectivity index (χ0) is 13.6. The molecule has 4 nitrogen and oxygen atoms in total. The zero-order valence-electron chi connectivity index (χ0n) is 11.2. The van der Waals surface area contributed by atoms with Gasteiger partial charge in [0.05, 0.1) is 6.54 Å². The largest absolute Gasteiger partial charge is 0.444 e. The van der Waals surface area contributed by atoms with Crippen LogP contribution in [0.3, 0.4) is 0 Å². The smallest absolute Gasteiger partial charge is 0.411 e. The van der Waals surface area contributed by atoms with Crippen LogP contribution in [0.25, 0.3) is 0 Å². The summed E-state index contributed by atoms with van der Waals surface area (Å²) >= 11 is 0. The van der Waals surface area contributed by atoms with Crippen LogP contribution in [0.5, 0.6) is 0 Å². The van der Waals surface area contributed by atoms with Crippen LogP contribution in [0, 0.1) is 0 Å². The Bertz CT molecular complexity index is 369. The highest BCUT2D eigenvalue weighted by Gasteiger charge is 2.57. The van der Waals surface area contributed by atoms with Crippen molar-refractivity contribution in [2.24, 2.45) is 0 Å². The monoisotopic (exact) mass is 257 g/mol. The second-order valence-corrected chi connectivity index (χ2v) is 6.16. The molecular weight excluding hydrogens is 237 g/mol. The Morgan fingerprint density at radius 2 is 1.94 bits per heavy atom. The molecule has 5 heteroatoms. The van der Waals surface area contributed by atoms with Gasteiger partial charge in [-0.2, -0.15) is 0 Å². The van der Waals surface area contributed by atoms with Crippen LogP contribution in [0.1, 0.15) is 46.5 Å². The molecule has 0 aromatic rings. The number of hydrogen-bond donors (Lipinski definition) is 0. The molecule has 2 rings (SSSR count). The minimum Gasteiger partial charge on any atom is -0.444 e. The van der Waals surface area contributed by atoms with Crippen LogP contribution in [0.15, 0.2) is 0 Å². The summed E-state index contributed by atoms with van der Waals surface area (Å²) in [6.45, 7) is 5.12. The summed E-state index contributed by atoms with van der Waals surface area (Å²) in [4.78, 5) is 25.4. The minimum absolute atomic E-state index is 0.159. The molecule has 0 radical (unpaired) electrons. The normalized spacial score (nSPS) is 27.0. The summed E-state index contributed by atoms with van der Waals surface area (Å²) in [5, 5.41) is 0. The highest BCUT2D eigenvalue weighted by molar-refractivity contribution is 5.98. The first-order valence-corrected chi connectivity index (χ1v) is 6.45. The molecule has 18 heavy (non-hydrogen) atoms. The van der Waals surface area contributed by atoms with Gasteiger partial charge >= 0.3 is 6.09 Å². The molecule has 2 fully saturated rings. The van der Waals surface area contributed by atoms with Crippen LogP contribution in [-0.4, -0.2) is 40.6 Å². The topological polar surface area (TPSA) is 46.6 Å². The Morgan fingerprint density at radius 1 is 1.39 bits per heavy atom. The Kier molecular flexibility index (Phi) is 3.11. The van der Waals surface area contributed by atoms with Crippen molar-refractivity contribution >= 4 is 11.9 Å². The Hall–Kier alpha value is -1.13. The van der Waals surface area contributed by atoms with Crippen molar-refractivity contribution in [3.05, 3.63) is 0 Å². The molecule has 1 spiro atoms. The van der Waals surface area contributed by atoms with Crippen molar-refractivity contribution in [2.45, 2.75) is 63.8 Å². The molecule has 0 bridgehead atoms. The molecule has 0 N–H and O–H groups in total. The summed E-state index contributed by atoms with van der Waals surface area (Å²) in [5.41, 5.74) is -1.56. The van der Waals surface area contributed by atoms with E-state index in [0.29, 0.717) is 12.8 Å². The van der Waals surface area contributed by atoms with Crippen molar-refractivity contribution < 1.29 is 18.7 Å². The lowest BCUT2D eigenvalue weighted by Crippen LogP contribution is -2.50. The highest BCUT2D eigenvalue weighted by atomic mass is 19.1. The van der Waals surface area contributed by atoms with Crippen molar-refractivity contribution in [2.75, 3.05) is 6.54 Å². The van der Waals surface area contributed by atoms with Gasteiger partial charge in [-0.1, -0.05) is 12.8 Å². The van der Waals surface area contributed by atoms with Crippen molar-refractivity contribution in [1.29, 1.82) is 0 Å². The van der Waals surface area contributed by atoms with E-state index in [1.807, 2.05) is 0 Å². The highest BCUT2D eigenvalue weighted by Crippen LogP contribution is 2.42. The second-order valence-electron chi connectivity index (χ2n) is 6.16. The first kappa shape index (κ1) is 13.3. The van der Waals surface area contributed by atoms with E-state index < -0.39 is 29.2 Å². The number of likely N-dealkylation sites (tertiary alicyclic amines) is 1. The third kappa shape index (κ3) is 2.10. The minimum atomic E-state index is -1.56. The van der Waals surface area contributed by atoms with Crippen molar-refractivity contribution in [1.82, 2.24) is 4.90 Å². The van der Waals surface area contributed by atoms with Gasteiger partial charge in [-0.25, -0.2) is 9.18 Å². The fourth-order valence-electron chi connectivity index (χ4n) is 2.89. The molecule has 1 aliphatic carbocycles. The quantitative estimate of drug-likeness (QED) is 0.669. The average Bonchev–Trinajstić information content (AvgIpc) is 2.79. The van der Waals surface area contributed by atoms with Crippen molar-refractivity contribution in [3.63, 3.8) is 0 Å². The Balaban J connectivity index is 2.21. The molecule has 2 aliphatic rings. The first-order valence-electron chi connectivity index (χ1n) is 6.45. The lowest BCUT2D eigenvalue weighted by atomic mass is 9.92. The molecule has 1 saturated carbocycles. The van der Waals surface area contributed by atoms with Gasteiger partial charge in [-0.05, 0) is 33.6 Å². The van der Waals surface area contributed by atoms with Crippen LogP contribution >= 0.6 is 0 Å². The molecule has 1 atom stereocenters. The van der Waals surface area contributed by atoms with E-state index in [9.17, 15) is 14.0 Å². The SMILES string of the molecule is CC(C)(C)OC(=O)N1CC(F)C(=O)C12CCCC2. The van der Waals surface area contributed by atoms with Crippen LogP contribution < -0.4 is 0 Å². The lowest BCUT2D eigenvalue weighted by molar-refractivity contribution is -0.128. The molecule has 1 heterocycles. The van der Waals surface area contributed by atoms with Gasteiger partial charge in [0.25, 0.3) is 0 Å². The predicted octanol–water partition coefficient (Wildman–Crippen LogP) is 2.46. The average molecular weight is 257 g/mol. The number of ether oxygens (including phenoxy) is 1. The van der Waals surface area contributed by atoms with Crippen LogP contribution in [0.4, 0.5) is 9.18 Å². The number of alkyl halides is 1. The van der Waals surface area contributed by atoms with E-state index in [0.717, 1.165) is 12.8 Å². The Labute approximate surface area is 106 Å². The van der Waals surface area contributed by atoms with Crippen LogP contribution in [0.2, 0.25) is 0 Å². The van der Waals surface area contributed by atoms with E-state index in [1.165, 1.54) is 4.90 Å². The lowest BCUT2D eigenvalue weighted by Gasteiger charge is -2.34. The fraction of sp³-hybridized carbons (Fsp3) is 0.846. The predicted molar refractivity (Wildman–Crippen MR) is 64.0 cm³/mol. The number of Topliss-reactive ketones (excluding diaryl/α,β-unsaturated/α-hetero) is 1. The molecule has 1 amide bonds. The maximum Gasteiger partial charge on any atom is 0.411 e. The van der Waals surface area contributed by atoms with Crippen LogP contribution in [-0.2, 0) is 9.53 Å². The van der Waals surface area contributed by atoms with Gasteiger partial charge in [0.2, 0.25) is 0 Å². The summed E-state index contributed by atoms with van der Waals surface area (Å²) < 4.78 is 18.9. The number of ketones is 1. The number of halogens is 1. The van der Waals surface area contributed by atoms with Gasteiger partial charge < -0.3 is 4.74 Å². The van der Waals surface area contributed by atoms with E-state index in [1.54, 1.807) is 20.8 Å². The van der Waals surface area contributed by atoms with Gasteiger partial charge in [0, 0.05) is 0 Å². The second kappa shape index (κ2) is 4.21. The summed E-state index contributed by atoms with van der Waals surface area (Å²) in [6.07, 6.45) is 0.709. The molecule has 1 unspecified atom stereocenters. The number of carbonyl (C=O) groups excluding carboxylic acids is 2. The maximum absolute atomic E-state index is 13.7. The fourth-order valence-corrected chi connectivity index (χ4v) is 2.89. The number of nitrogens with zero attached hydrogens (tertiary/aromatic N) is 1. The number of carbonyl (C=O) groups is 2. The summed E-state index contributed by atoms with van der Waals surface area (Å²) in [6, 6.07) is 0. The zero-order valence-corrected chi connectivity index (χ0v) is 11.2. The maximum atomic E-state index is 13.7. The van der Waals surface area contributed by atoms with E-state index >= 15 is 0 Å². The number of hydrogen-bond acceptors (Lipinski definition) is 3. The molecule has 102 valence electrons.